The molecule has 2 rings (SSSR count). The molecule has 0 spiro atoms. The number of nitro groups is 1. The topological polar surface area (TPSA) is 58.4 Å². The normalized spacial score (nSPS) is 19.9. The average molecular weight is 249 g/mol. The van der Waals surface area contributed by atoms with E-state index in [4.69, 9.17) is 0 Å². The number of nitrogens with one attached hydrogen (secondary N) is 1. The van der Waals surface area contributed by atoms with Crippen molar-refractivity contribution in [2.45, 2.75) is 25.8 Å². The predicted octanol–water partition coefficient (Wildman–Crippen LogP) is 2.09. The number of para-hydroxylation sites is 1. The molecule has 0 aliphatic carbocycles. The van der Waals surface area contributed by atoms with Crippen molar-refractivity contribution >= 4 is 11.4 Å². The van der Waals surface area contributed by atoms with Gasteiger partial charge in [-0.1, -0.05) is 12.1 Å². The molecule has 0 bridgehead atoms. The molecular formula is C13H19N3O2. The van der Waals surface area contributed by atoms with Crippen LogP contribution in [0, 0.1) is 17.0 Å². The number of piperidine rings is 1. The highest BCUT2D eigenvalue weighted by atomic mass is 16.6. The van der Waals surface area contributed by atoms with E-state index in [1.54, 1.807) is 13.0 Å². The quantitative estimate of drug-likeness (QED) is 0.658. The second-order valence-corrected chi connectivity index (χ2v) is 4.77. The van der Waals surface area contributed by atoms with Gasteiger partial charge in [-0.3, -0.25) is 10.1 Å². The number of hydrogen-bond donors (Lipinski definition) is 1. The Balaban J connectivity index is 2.32. The first kappa shape index (κ1) is 12.8. The Morgan fingerprint density at radius 1 is 1.50 bits per heavy atom. The molecule has 1 fully saturated rings. The number of aryl methyl sites for hydroxylation is 1. The number of anilines is 1. The zero-order valence-electron chi connectivity index (χ0n) is 10.8. The van der Waals surface area contributed by atoms with E-state index < -0.39 is 0 Å². The highest BCUT2D eigenvalue weighted by molar-refractivity contribution is 5.66. The first-order valence-electron chi connectivity index (χ1n) is 6.29. The van der Waals surface area contributed by atoms with Gasteiger partial charge in [-0.05, 0) is 32.9 Å². The van der Waals surface area contributed by atoms with Crippen molar-refractivity contribution in [3.63, 3.8) is 0 Å². The Kier molecular flexibility index (Phi) is 3.81. The summed E-state index contributed by atoms with van der Waals surface area (Å²) in [4.78, 5) is 13.1. The molecule has 0 aromatic heterocycles. The van der Waals surface area contributed by atoms with Crippen LogP contribution >= 0.6 is 0 Å². The Bertz CT molecular complexity index is 448. The molecule has 98 valence electrons. The lowest BCUT2D eigenvalue weighted by atomic mass is 10.0. The maximum absolute atomic E-state index is 11.2. The number of nitrogens with zero attached hydrogens (tertiary/aromatic N) is 2. The Labute approximate surface area is 107 Å². The Morgan fingerprint density at radius 2 is 2.28 bits per heavy atom. The van der Waals surface area contributed by atoms with Gasteiger partial charge in [0, 0.05) is 24.7 Å². The van der Waals surface area contributed by atoms with Crippen molar-refractivity contribution in [1.82, 2.24) is 5.32 Å². The van der Waals surface area contributed by atoms with Crippen LogP contribution in [0.5, 0.6) is 0 Å². The monoisotopic (exact) mass is 249 g/mol. The minimum absolute atomic E-state index is 0.245. The van der Waals surface area contributed by atoms with Gasteiger partial charge < -0.3 is 10.2 Å². The standard InChI is InChI=1S/C13H19N3O2/c1-10-5-3-7-12(13(10)16(17)18)15-8-4-6-11(9-15)14-2/h3,5,7,11,14H,4,6,8-9H2,1-2H3. The maximum atomic E-state index is 11.2. The van der Waals surface area contributed by atoms with E-state index in [-0.39, 0.29) is 10.6 Å². The molecular weight excluding hydrogens is 230 g/mol. The molecule has 0 radical (unpaired) electrons. The van der Waals surface area contributed by atoms with Crippen molar-refractivity contribution in [3.05, 3.63) is 33.9 Å². The van der Waals surface area contributed by atoms with E-state index in [1.165, 1.54) is 0 Å². The van der Waals surface area contributed by atoms with E-state index >= 15 is 0 Å². The molecule has 1 aliphatic rings. The number of rotatable bonds is 3. The molecule has 1 saturated heterocycles. The van der Waals surface area contributed by atoms with E-state index in [1.807, 2.05) is 19.2 Å². The Hall–Kier alpha value is -1.62. The van der Waals surface area contributed by atoms with Crippen LogP contribution < -0.4 is 10.2 Å². The summed E-state index contributed by atoms with van der Waals surface area (Å²) >= 11 is 0. The summed E-state index contributed by atoms with van der Waals surface area (Å²) in [6, 6.07) is 5.95. The van der Waals surface area contributed by atoms with Crippen LogP contribution in [0.4, 0.5) is 11.4 Å². The molecule has 1 unspecified atom stereocenters. The second kappa shape index (κ2) is 5.35. The lowest BCUT2D eigenvalue weighted by Gasteiger charge is -2.34. The predicted molar refractivity (Wildman–Crippen MR) is 72.1 cm³/mol. The fraction of sp³-hybridized carbons (Fsp3) is 0.538. The van der Waals surface area contributed by atoms with E-state index in [2.05, 4.69) is 10.2 Å². The maximum Gasteiger partial charge on any atom is 0.295 e. The molecule has 1 aliphatic heterocycles. The van der Waals surface area contributed by atoms with E-state index in [9.17, 15) is 10.1 Å². The number of hydrogen-bond acceptors (Lipinski definition) is 4. The molecule has 5 heteroatoms. The fourth-order valence-electron chi connectivity index (χ4n) is 2.57. The highest BCUT2D eigenvalue weighted by Crippen LogP contribution is 2.32. The smallest absolute Gasteiger partial charge is 0.295 e. The summed E-state index contributed by atoms with van der Waals surface area (Å²) in [5, 5.41) is 14.5. The lowest BCUT2D eigenvalue weighted by Crippen LogP contribution is -2.44. The Morgan fingerprint density at radius 3 is 2.94 bits per heavy atom. The van der Waals surface area contributed by atoms with Gasteiger partial charge in [0.15, 0.2) is 0 Å². The van der Waals surface area contributed by atoms with Gasteiger partial charge in [0.05, 0.1) is 4.92 Å². The molecule has 1 N–H and O–H groups in total. The van der Waals surface area contributed by atoms with Gasteiger partial charge >= 0.3 is 0 Å². The minimum atomic E-state index is -0.270. The number of nitro benzene ring substituents is 1. The SMILES string of the molecule is CNC1CCCN(c2cccc(C)c2[N+](=O)[O-])C1. The van der Waals surface area contributed by atoms with Gasteiger partial charge in [-0.2, -0.15) is 0 Å². The zero-order chi connectivity index (χ0) is 13.1. The van der Waals surface area contributed by atoms with Crippen LogP contribution in [-0.4, -0.2) is 31.1 Å². The van der Waals surface area contributed by atoms with Gasteiger partial charge in [0.2, 0.25) is 0 Å². The zero-order valence-corrected chi connectivity index (χ0v) is 10.8. The average Bonchev–Trinajstić information content (AvgIpc) is 2.38. The lowest BCUT2D eigenvalue weighted by molar-refractivity contribution is -0.384. The third kappa shape index (κ3) is 2.46. The summed E-state index contributed by atoms with van der Waals surface area (Å²) in [5.74, 6) is 0. The van der Waals surface area contributed by atoms with Crippen molar-refractivity contribution < 1.29 is 4.92 Å². The highest BCUT2D eigenvalue weighted by Gasteiger charge is 2.25. The van der Waals surface area contributed by atoms with Crippen molar-refractivity contribution in [2.24, 2.45) is 0 Å². The number of benzene rings is 1. The van der Waals surface area contributed by atoms with Gasteiger partial charge in [0.1, 0.15) is 5.69 Å². The first-order valence-corrected chi connectivity index (χ1v) is 6.29. The fourth-order valence-corrected chi connectivity index (χ4v) is 2.57. The van der Waals surface area contributed by atoms with Crippen LogP contribution in [0.15, 0.2) is 18.2 Å². The largest absolute Gasteiger partial charge is 0.364 e. The van der Waals surface area contributed by atoms with Gasteiger partial charge in [-0.25, -0.2) is 0 Å². The molecule has 0 saturated carbocycles. The van der Waals surface area contributed by atoms with Crippen molar-refractivity contribution in [2.75, 3.05) is 25.0 Å². The number of likely N-dealkylation sites (N-methyl/N-ethyl adjacent to an activating group) is 1. The van der Waals surface area contributed by atoms with Gasteiger partial charge in [-0.15, -0.1) is 0 Å². The summed E-state index contributed by atoms with van der Waals surface area (Å²) in [6.07, 6.45) is 2.20. The van der Waals surface area contributed by atoms with Crippen LogP contribution in [-0.2, 0) is 0 Å². The van der Waals surface area contributed by atoms with Crippen molar-refractivity contribution in [1.29, 1.82) is 0 Å². The minimum Gasteiger partial charge on any atom is -0.364 e. The van der Waals surface area contributed by atoms with Gasteiger partial charge in [0.25, 0.3) is 5.69 Å². The third-order valence-electron chi connectivity index (χ3n) is 3.57. The first-order chi connectivity index (χ1) is 8.63. The molecule has 0 amide bonds. The summed E-state index contributed by atoms with van der Waals surface area (Å²) in [7, 11) is 1.94. The van der Waals surface area contributed by atoms with E-state index in [0.29, 0.717) is 6.04 Å². The van der Waals surface area contributed by atoms with Crippen LogP contribution in [0.2, 0.25) is 0 Å². The van der Waals surface area contributed by atoms with Crippen LogP contribution in [0.3, 0.4) is 0 Å². The van der Waals surface area contributed by atoms with Crippen molar-refractivity contribution in [3.8, 4) is 0 Å². The van der Waals surface area contributed by atoms with Crippen LogP contribution in [0.1, 0.15) is 18.4 Å². The second-order valence-electron chi connectivity index (χ2n) is 4.77. The van der Waals surface area contributed by atoms with E-state index in [0.717, 1.165) is 37.2 Å². The van der Waals surface area contributed by atoms with Crippen LogP contribution in [0.25, 0.3) is 0 Å². The molecule has 18 heavy (non-hydrogen) atoms. The molecule has 1 aromatic carbocycles. The summed E-state index contributed by atoms with van der Waals surface area (Å²) < 4.78 is 0. The third-order valence-corrected chi connectivity index (χ3v) is 3.57. The molecule has 1 heterocycles. The molecule has 1 atom stereocenters. The molecule has 5 nitrogen and oxygen atoms in total. The molecule has 1 aromatic rings. The summed E-state index contributed by atoms with van der Waals surface area (Å²) in [5.41, 5.74) is 1.72. The summed E-state index contributed by atoms with van der Waals surface area (Å²) in [6.45, 7) is 3.52.